The predicted octanol–water partition coefficient (Wildman–Crippen LogP) is 2.48. The molecule has 1 aliphatic heterocycles. The Labute approximate surface area is 150 Å². The first-order valence-corrected chi connectivity index (χ1v) is 9.71. The highest BCUT2D eigenvalue weighted by Crippen LogP contribution is 2.26. The van der Waals surface area contributed by atoms with E-state index in [2.05, 4.69) is 0 Å². The summed E-state index contributed by atoms with van der Waals surface area (Å²) in [6, 6.07) is 15.3. The molecular weight excluding hydrogens is 354 g/mol. The van der Waals surface area contributed by atoms with Gasteiger partial charge in [-0.1, -0.05) is 30.3 Å². The van der Waals surface area contributed by atoms with E-state index in [1.54, 1.807) is 36.4 Å². The highest BCUT2D eigenvalue weighted by Gasteiger charge is 2.26. The molecular formula is C19H17NO5S. The van der Waals surface area contributed by atoms with Gasteiger partial charge in [-0.25, -0.2) is 13.2 Å². The molecule has 0 aliphatic carbocycles. The van der Waals surface area contributed by atoms with Crippen molar-refractivity contribution < 1.29 is 17.6 Å². The average Bonchev–Trinajstić information content (AvgIpc) is 2.69. The number of sulfonamides is 1. The van der Waals surface area contributed by atoms with Crippen molar-refractivity contribution in [2.75, 3.05) is 26.3 Å². The second-order valence-electron chi connectivity index (χ2n) is 6.03. The quantitative estimate of drug-likeness (QED) is 0.707. The maximum Gasteiger partial charge on any atom is 0.344 e. The van der Waals surface area contributed by atoms with Crippen LogP contribution in [0.25, 0.3) is 22.1 Å². The van der Waals surface area contributed by atoms with Gasteiger partial charge in [-0.2, -0.15) is 4.31 Å². The molecule has 134 valence electrons. The molecule has 0 N–H and O–H groups in total. The van der Waals surface area contributed by atoms with Crippen molar-refractivity contribution in [2.24, 2.45) is 0 Å². The van der Waals surface area contributed by atoms with Crippen molar-refractivity contribution >= 4 is 20.8 Å². The molecule has 0 atom stereocenters. The zero-order valence-electron chi connectivity index (χ0n) is 13.9. The van der Waals surface area contributed by atoms with Crippen LogP contribution in [-0.2, 0) is 14.8 Å². The maximum atomic E-state index is 12.8. The minimum atomic E-state index is -3.61. The van der Waals surface area contributed by atoms with Crippen LogP contribution >= 0.6 is 0 Å². The standard InChI is InChI=1S/C19H17NO5S/c21-19-17-7-2-1-4-14(17)13-18(25-19)15-5-3-6-16(12-15)26(22,23)20-8-10-24-11-9-20/h1-7,12-13H,8-11H2. The van der Waals surface area contributed by atoms with Crippen molar-refractivity contribution in [3.05, 3.63) is 65.0 Å². The van der Waals surface area contributed by atoms with Crippen LogP contribution in [-0.4, -0.2) is 39.0 Å². The van der Waals surface area contributed by atoms with E-state index >= 15 is 0 Å². The number of morpholine rings is 1. The van der Waals surface area contributed by atoms with Gasteiger partial charge >= 0.3 is 5.63 Å². The Morgan fingerprint density at radius 3 is 2.50 bits per heavy atom. The van der Waals surface area contributed by atoms with Gasteiger partial charge in [0.05, 0.1) is 23.5 Å². The topological polar surface area (TPSA) is 76.8 Å². The maximum absolute atomic E-state index is 12.8. The first kappa shape index (κ1) is 17.0. The van der Waals surface area contributed by atoms with E-state index in [0.29, 0.717) is 43.0 Å². The van der Waals surface area contributed by atoms with Crippen LogP contribution in [0, 0.1) is 0 Å². The number of fused-ring (bicyclic) bond motifs is 1. The summed E-state index contributed by atoms with van der Waals surface area (Å²) < 4.78 is 37.7. The van der Waals surface area contributed by atoms with Gasteiger partial charge in [-0.05, 0) is 29.7 Å². The van der Waals surface area contributed by atoms with Gasteiger partial charge < -0.3 is 9.15 Å². The summed E-state index contributed by atoms with van der Waals surface area (Å²) in [6.45, 7) is 1.44. The third-order valence-electron chi connectivity index (χ3n) is 4.40. The number of benzene rings is 2. The molecule has 6 nitrogen and oxygen atoms in total. The molecule has 1 aromatic heterocycles. The molecule has 0 spiro atoms. The minimum Gasteiger partial charge on any atom is -0.422 e. The number of ether oxygens (including phenoxy) is 1. The lowest BCUT2D eigenvalue weighted by Crippen LogP contribution is -2.40. The lowest BCUT2D eigenvalue weighted by atomic mass is 10.1. The molecule has 0 bridgehead atoms. The molecule has 26 heavy (non-hydrogen) atoms. The zero-order chi connectivity index (χ0) is 18.1. The Balaban J connectivity index is 1.78. The van der Waals surface area contributed by atoms with E-state index in [9.17, 15) is 13.2 Å². The fraction of sp³-hybridized carbons (Fsp3) is 0.211. The van der Waals surface area contributed by atoms with Crippen LogP contribution in [0.15, 0.2) is 68.7 Å². The Morgan fingerprint density at radius 1 is 0.923 bits per heavy atom. The van der Waals surface area contributed by atoms with Crippen LogP contribution in [0.2, 0.25) is 0 Å². The van der Waals surface area contributed by atoms with Gasteiger partial charge in [0, 0.05) is 18.7 Å². The monoisotopic (exact) mass is 371 g/mol. The molecule has 0 unspecified atom stereocenters. The summed E-state index contributed by atoms with van der Waals surface area (Å²) in [4.78, 5) is 12.4. The van der Waals surface area contributed by atoms with E-state index in [0.717, 1.165) is 5.39 Å². The molecule has 1 aliphatic rings. The largest absolute Gasteiger partial charge is 0.422 e. The molecule has 4 rings (SSSR count). The first-order chi connectivity index (χ1) is 12.6. The fourth-order valence-corrected chi connectivity index (χ4v) is 4.48. The number of rotatable bonds is 3. The second kappa shape index (κ2) is 6.68. The van der Waals surface area contributed by atoms with Crippen molar-refractivity contribution in [3.63, 3.8) is 0 Å². The van der Waals surface area contributed by atoms with E-state index in [1.165, 1.54) is 10.4 Å². The van der Waals surface area contributed by atoms with E-state index in [-0.39, 0.29) is 4.90 Å². The predicted molar refractivity (Wildman–Crippen MR) is 97.5 cm³/mol. The third kappa shape index (κ3) is 3.05. The van der Waals surface area contributed by atoms with Gasteiger partial charge in [0.1, 0.15) is 5.76 Å². The van der Waals surface area contributed by atoms with Gasteiger partial charge in [0.2, 0.25) is 10.0 Å². The SMILES string of the molecule is O=c1oc(-c2cccc(S(=O)(=O)N3CCOCC3)c2)cc2ccccc12. The van der Waals surface area contributed by atoms with Gasteiger partial charge in [-0.3, -0.25) is 0 Å². The smallest absolute Gasteiger partial charge is 0.344 e. The van der Waals surface area contributed by atoms with Crippen molar-refractivity contribution in [3.8, 4) is 11.3 Å². The zero-order valence-corrected chi connectivity index (χ0v) is 14.7. The normalized spacial score (nSPS) is 16.0. The Morgan fingerprint density at radius 2 is 1.69 bits per heavy atom. The average molecular weight is 371 g/mol. The van der Waals surface area contributed by atoms with E-state index in [4.69, 9.17) is 9.15 Å². The third-order valence-corrected chi connectivity index (χ3v) is 6.29. The minimum absolute atomic E-state index is 0.174. The highest BCUT2D eigenvalue weighted by atomic mass is 32.2. The molecule has 2 heterocycles. The van der Waals surface area contributed by atoms with Crippen LogP contribution < -0.4 is 5.63 Å². The van der Waals surface area contributed by atoms with Gasteiger partial charge in [0.25, 0.3) is 0 Å². The first-order valence-electron chi connectivity index (χ1n) is 8.27. The number of hydrogen-bond donors (Lipinski definition) is 0. The van der Waals surface area contributed by atoms with Crippen LogP contribution in [0.4, 0.5) is 0 Å². The second-order valence-corrected chi connectivity index (χ2v) is 7.97. The number of nitrogens with zero attached hydrogens (tertiary/aromatic N) is 1. The summed E-state index contributed by atoms with van der Waals surface area (Å²) in [5, 5.41) is 1.24. The van der Waals surface area contributed by atoms with Crippen molar-refractivity contribution in [2.45, 2.75) is 4.90 Å². The molecule has 7 heteroatoms. The summed E-state index contributed by atoms with van der Waals surface area (Å²) in [5.74, 6) is 0.340. The summed E-state index contributed by atoms with van der Waals surface area (Å²) in [6.07, 6.45) is 0. The van der Waals surface area contributed by atoms with Crippen LogP contribution in [0.3, 0.4) is 0 Å². The van der Waals surface area contributed by atoms with Gasteiger partial charge in [0.15, 0.2) is 0 Å². The fourth-order valence-electron chi connectivity index (χ4n) is 3.02. The van der Waals surface area contributed by atoms with E-state index in [1.807, 2.05) is 12.1 Å². The van der Waals surface area contributed by atoms with Crippen LogP contribution in [0.5, 0.6) is 0 Å². The molecule has 0 radical (unpaired) electrons. The van der Waals surface area contributed by atoms with Crippen molar-refractivity contribution in [1.29, 1.82) is 0 Å². The Hall–Kier alpha value is -2.48. The highest BCUT2D eigenvalue weighted by molar-refractivity contribution is 7.89. The molecule has 2 aromatic carbocycles. The van der Waals surface area contributed by atoms with Gasteiger partial charge in [-0.15, -0.1) is 0 Å². The van der Waals surface area contributed by atoms with Crippen LogP contribution in [0.1, 0.15) is 0 Å². The summed E-state index contributed by atoms with van der Waals surface area (Å²) in [7, 11) is -3.61. The van der Waals surface area contributed by atoms with Crippen molar-refractivity contribution in [1.82, 2.24) is 4.31 Å². The molecule has 3 aromatic rings. The lowest BCUT2D eigenvalue weighted by molar-refractivity contribution is 0.0730. The Bertz CT molecular complexity index is 1110. The molecule has 0 saturated carbocycles. The summed E-state index contributed by atoms with van der Waals surface area (Å²) in [5.41, 5.74) is 0.0988. The Kier molecular flexibility index (Phi) is 4.36. The van der Waals surface area contributed by atoms with E-state index < -0.39 is 15.6 Å². The number of hydrogen-bond acceptors (Lipinski definition) is 5. The lowest BCUT2D eigenvalue weighted by Gasteiger charge is -2.26. The molecule has 0 amide bonds. The summed E-state index contributed by atoms with van der Waals surface area (Å²) >= 11 is 0. The molecule has 1 fully saturated rings. The molecule has 1 saturated heterocycles.